The molecule has 2 N–H and O–H groups in total. The van der Waals surface area contributed by atoms with Crippen molar-refractivity contribution in [1.82, 2.24) is 15.5 Å². The number of likely N-dealkylation sites (N-methyl/N-ethyl adjacent to an activating group) is 1. The van der Waals surface area contributed by atoms with Gasteiger partial charge in [0.05, 0.1) is 19.0 Å². The highest BCUT2D eigenvalue weighted by Gasteiger charge is 2.14. The lowest BCUT2D eigenvalue weighted by atomic mass is 10.2. The Hall–Kier alpha value is -1.33. The first-order valence-corrected chi connectivity index (χ1v) is 9.59. The average molecular weight is 508 g/mol. The number of hydrogen-bond donors (Lipinski definition) is 2. The Morgan fingerprint density at radius 1 is 1.36 bits per heavy atom. The summed E-state index contributed by atoms with van der Waals surface area (Å²) in [7, 11) is 3.45. The van der Waals surface area contributed by atoms with Crippen LogP contribution in [0.25, 0.3) is 0 Å². The second-order valence-electron chi connectivity index (χ2n) is 6.70. The van der Waals surface area contributed by atoms with Crippen molar-refractivity contribution < 1.29 is 18.7 Å². The van der Waals surface area contributed by atoms with E-state index in [1.54, 1.807) is 20.4 Å². The topological polar surface area (TPSA) is 88.3 Å². The van der Waals surface area contributed by atoms with Gasteiger partial charge in [-0.3, -0.25) is 4.79 Å². The lowest BCUT2D eigenvalue weighted by Crippen LogP contribution is -2.40. The quantitative estimate of drug-likeness (QED) is 0.205. The van der Waals surface area contributed by atoms with E-state index in [9.17, 15) is 4.79 Å². The van der Waals surface area contributed by atoms with Gasteiger partial charge in [0.1, 0.15) is 12.3 Å². The van der Waals surface area contributed by atoms with E-state index in [1.165, 1.54) is 4.90 Å². The Labute approximate surface area is 184 Å². The second kappa shape index (κ2) is 14.6. The molecule has 160 valence electrons. The summed E-state index contributed by atoms with van der Waals surface area (Å²) in [5, 5.41) is 6.48. The van der Waals surface area contributed by atoms with E-state index in [2.05, 4.69) is 15.6 Å². The van der Waals surface area contributed by atoms with Gasteiger partial charge in [0.15, 0.2) is 5.96 Å². The number of furan rings is 1. The zero-order chi connectivity index (χ0) is 19.3. The molecule has 8 nitrogen and oxygen atoms in total. The molecule has 2 rings (SSSR count). The van der Waals surface area contributed by atoms with Crippen molar-refractivity contribution in [3.63, 3.8) is 0 Å². The van der Waals surface area contributed by atoms with Crippen molar-refractivity contribution in [2.24, 2.45) is 4.99 Å². The van der Waals surface area contributed by atoms with Crippen LogP contribution in [0.5, 0.6) is 0 Å². The number of nitrogens with one attached hydrogen (secondary N) is 2. The van der Waals surface area contributed by atoms with Crippen LogP contribution in [0.3, 0.4) is 0 Å². The number of guanidine groups is 1. The molecule has 0 aromatic carbocycles. The number of ether oxygens (including phenoxy) is 2. The number of hydrogen-bond acceptors (Lipinski definition) is 5. The lowest BCUT2D eigenvalue weighted by Gasteiger charge is -2.14. The predicted molar refractivity (Wildman–Crippen MR) is 119 cm³/mol. The Kier molecular flexibility index (Phi) is 12.9. The molecule has 9 heteroatoms. The van der Waals surface area contributed by atoms with Gasteiger partial charge in [-0.05, 0) is 31.4 Å². The second-order valence-corrected chi connectivity index (χ2v) is 6.70. The van der Waals surface area contributed by atoms with Crippen LogP contribution in [0.15, 0.2) is 27.8 Å². The summed E-state index contributed by atoms with van der Waals surface area (Å²) in [6.07, 6.45) is 5.75. The number of carbonyl (C=O) groups excluding carboxylic acids is 1. The molecule has 1 atom stereocenters. The maximum absolute atomic E-state index is 11.8. The molecule has 1 fully saturated rings. The standard InChI is InChI=1S/C19H32N4O4.HI/c1-23(2)18(24)14-22-19(21-10-8-16-6-3-12-26-16)20-9-5-11-25-15-17-7-4-13-27-17;/h3,6,12,17H,4-5,7-11,13-15H2,1-2H3,(H2,20,21,22);1H. The van der Waals surface area contributed by atoms with Crippen LogP contribution in [0.4, 0.5) is 0 Å². The van der Waals surface area contributed by atoms with Gasteiger partial charge in [-0.2, -0.15) is 0 Å². The first-order valence-electron chi connectivity index (χ1n) is 9.59. The molecule has 0 spiro atoms. The van der Waals surface area contributed by atoms with Crippen LogP contribution in [0.2, 0.25) is 0 Å². The minimum absolute atomic E-state index is 0. The first kappa shape index (κ1) is 24.7. The van der Waals surface area contributed by atoms with Gasteiger partial charge in [0.25, 0.3) is 0 Å². The summed E-state index contributed by atoms with van der Waals surface area (Å²) >= 11 is 0. The van der Waals surface area contributed by atoms with Gasteiger partial charge < -0.3 is 29.4 Å². The van der Waals surface area contributed by atoms with Crippen molar-refractivity contribution >= 4 is 35.8 Å². The summed E-state index contributed by atoms with van der Waals surface area (Å²) in [4.78, 5) is 17.7. The SMILES string of the molecule is CN(C)C(=O)CN=C(NCCCOCC1CCCO1)NCCc1ccco1.I. The fraction of sp³-hybridized carbons (Fsp3) is 0.684. The van der Waals surface area contributed by atoms with Crippen LogP contribution in [-0.4, -0.2) is 76.4 Å². The summed E-state index contributed by atoms with van der Waals surface area (Å²) in [6, 6.07) is 3.81. The van der Waals surface area contributed by atoms with Crippen LogP contribution in [0, 0.1) is 0 Å². The largest absolute Gasteiger partial charge is 0.469 e. The predicted octanol–water partition coefficient (Wildman–Crippen LogP) is 1.65. The first-order chi connectivity index (χ1) is 13.1. The average Bonchev–Trinajstić information content (AvgIpc) is 3.35. The molecule has 1 aromatic heterocycles. The molecule has 1 saturated heterocycles. The Morgan fingerprint density at radius 2 is 2.18 bits per heavy atom. The molecule has 28 heavy (non-hydrogen) atoms. The Morgan fingerprint density at radius 3 is 2.86 bits per heavy atom. The maximum atomic E-state index is 11.8. The van der Waals surface area contributed by atoms with Gasteiger partial charge >= 0.3 is 0 Å². The number of carbonyl (C=O) groups is 1. The molecule has 2 heterocycles. The van der Waals surface area contributed by atoms with Gasteiger partial charge in [0.2, 0.25) is 5.91 Å². The molecule has 1 aliphatic heterocycles. The molecule has 0 saturated carbocycles. The van der Waals surface area contributed by atoms with E-state index in [0.717, 1.165) is 38.1 Å². The van der Waals surface area contributed by atoms with Crippen molar-refractivity contribution in [3.05, 3.63) is 24.2 Å². The zero-order valence-electron chi connectivity index (χ0n) is 16.8. The van der Waals surface area contributed by atoms with E-state index < -0.39 is 0 Å². The smallest absolute Gasteiger partial charge is 0.243 e. The lowest BCUT2D eigenvalue weighted by molar-refractivity contribution is -0.127. The van der Waals surface area contributed by atoms with Crippen molar-refractivity contribution in [2.75, 3.05) is 53.6 Å². The third kappa shape index (κ3) is 10.3. The van der Waals surface area contributed by atoms with Crippen LogP contribution in [0.1, 0.15) is 25.0 Å². The number of aliphatic imine (C=N–C) groups is 1. The molecule has 0 bridgehead atoms. The molecule has 0 aliphatic carbocycles. The minimum Gasteiger partial charge on any atom is -0.469 e. The van der Waals surface area contributed by atoms with E-state index in [0.29, 0.717) is 32.3 Å². The molecule has 1 amide bonds. The summed E-state index contributed by atoms with van der Waals surface area (Å²) in [6.45, 7) is 3.69. The summed E-state index contributed by atoms with van der Waals surface area (Å²) in [5.41, 5.74) is 0. The number of amides is 1. The summed E-state index contributed by atoms with van der Waals surface area (Å²) in [5.74, 6) is 1.49. The van der Waals surface area contributed by atoms with Crippen molar-refractivity contribution in [3.8, 4) is 0 Å². The molecule has 0 radical (unpaired) electrons. The van der Waals surface area contributed by atoms with Crippen molar-refractivity contribution in [1.29, 1.82) is 0 Å². The van der Waals surface area contributed by atoms with E-state index in [4.69, 9.17) is 13.9 Å². The van der Waals surface area contributed by atoms with Crippen molar-refractivity contribution in [2.45, 2.75) is 31.8 Å². The minimum atomic E-state index is -0.0398. The van der Waals surface area contributed by atoms with Crippen LogP contribution >= 0.6 is 24.0 Å². The maximum Gasteiger partial charge on any atom is 0.243 e. The highest BCUT2D eigenvalue weighted by Crippen LogP contribution is 2.11. The normalized spacial score (nSPS) is 16.5. The third-order valence-electron chi connectivity index (χ3n) is 4.20. The molecular formula is C19H33IN4O4. The Balaban J connectivity index is 0.00000392. The molecule has 1 unspecified atom stereocenters. The van der Waals surface area contributed by atoms with Gasteiger partial charge in [-0.1, -0.05) is 0 Å². The Bertz CT molecular complexity index is 560. The monoisotopic (exact) mass is 508 g/mol. The van der Waals surface area contributed by atoms with Gasteiger partial charge in [-0.15, -0.1) is 24.0 Å². The van der Waals surface area contributed by atoms with Crippen LogP contribution in [-0.2, 0) is 20.7 Å². The fourth-order valence-electron chi connectivity index (χ4n) is 2.59. The molecule has 1 aliphatic rings. The third-order valence-corrected chi connectivity index (χ3v) is 4.20. The van der Waals surface area contributed by atoms with Gasteiger partial charge in [0, 0.05) is 46.8 Å². The number of rotatable bonds is 11. The van der Waals surface area contributed by atoms with E-state index in [1.807, 2.05) is 12.1 Å². The summed E-state index contributed by atoms with van der Waals surface area (Å²) < 4.78 is 16.5. The van der Waals surface area contributed by atoms with E-state index in [-0.39, 0.29) is 42.5 Å². The molecular weight excluding hydrogens is 475 g/mol. The van der Waals surface area contributed by atoms with Gasteiger partial charge in [-0.25, -0.2) is 4.99 Å². The highest BCUT2D eigenvalue weighted by molar-refractivity contribution is 14.0. The van der Waals surface area contributed by atoms with E-state index >= 15 is 0 Å². The van der Waals surface area contributed by atoms with Crippen LogP contribution < -0.4 is 10.6 Å². The number of halogens is 1. The fourth-order valence-corrected chi connectivity index (χ4v) is 2.59. The highest BCUT2D eigenvalue weighted by atomic mass is 127. The zero-order valence-corrected chi connectivity index (χ0v) is 19.1. The number of nitrogens with zero attached hydrogens (tertiary/aromatic N) is 2. The molecule has 1 aromatic rings.